The van der Waals surface area contributed by atoms with Crippen LogP contribution in [0.5, 0.6) is 0 Å². The Morgan fingerprint density at radius 1 is 1.65 bits per heavy atom. The highest BCUT2D eigenvalue weighted by Crippen LogP contribution is 2.24. The Bertz CT molecular complexity index is 383. The largest absolute Gasteiger partial charge is 0.465 e. The van der Waals surface area contributed by atoms with Gasteiger partial charge in [0.15, 0.2) is 4.34 Å². The zero-order valence-electron chi connectivity index (χ0n) is 10.4. The van der Waals surface area contributed by atoms with E-state index in [-0.39, 0.29) is 5.97 Å². The second kappa shape index (κ2) is 6.32. The number of ether oxygens (including phenoxy) is 1. The molecule has 0 amide bonds. The maximum atomic E-state index is 11.8. The van der Waals surface area contributed by atoms with Crippen molar-refractivity contribution in [3.63, 3.8) is 0 Å². The Balaban J connectivity index is 2.59. The molecular weight excluding hydrogens is 258 g/mol. The lowest BCUT2D eigenvalue weighted by Crippen LogP contribution is -2.50. The molecule has 0 saturated heterocycles. The highest BCUT2D eigenvalue weighted by atomic mass is 32.2. The minimum Gasteiger partial charge on any atom is -0.465 e. The van der Waals surface area contributed by atoms with Crippen LogP contribution >= 0.6 is 23.3 Å². The number of esters is 1. The topological polar surface area (TPSA) is 64.1 Å². The summed E-state index contributed by atoms with van der Waals surface area (Å²) in [5.41, 5.74) is -0.694. The molecule has 1 aromatic heterocycles. The van der Waals surface area contributed by atoms with Gasteiger partial charge in [-0.15, -0.1) is 0 Å². The first-order valence-electron chi connectivity index (χ1n) is 5.31. The molecule has 0 fully saturated rings. The summed E-state index contributed by atoms with van der Waals surface area (Å²) in [5, 5.41) is 3.00. The van der Waals surface area contributed by atoms with Crippen LogP contribution in [-0.2, 0) is 9.53 Å². The summed E-state index contributed by atoms with van der Waals surface area (Å²) >= 11 is 2.86. The van der Waals surface area contributed by atoms with Crippen molar-refractivity contribution in [1.82, 2.24) is 14.7 Å². The van der Waals surface area contributed by atoms with Crippen LogP contribution in [0.4, 0.5) is 0 Å². The predicted molar refractivity (Wildman–Crippen MR) is 69.5 cm³/mol. The van der Waals surface area contributed by atoms with E-state index in [9.17, 15) is 4.79 Å². The van der Waals surface area contributed by atoms with Crippen molar-refractivity contribution >= 4 is 29.3 Å². The van der Waals surface area contributed by atoms with Gasteiger partial charge in [0.05, 0.1) is 6.61 Å². The Hall–Kier alpha value is -0.660. The molecule has 1 unspecified atom stereocenters. The van der Waals surface area contributed by atoms with Crippen LogP contribution in [-0.4, -0.2) is 40.3 Å². The average molecular weight is 275 g/mol. The Labute approximate surface area is 110 Å². The summed E-state index contributed by atoms with van der Waals surface area (Å²) in [6.45, 7) is 5.86. The molecule has 1 rings (SSSR count). The van der Waals surface area contributed by atoms with E-state index in [2.05, 4.69) is 14.7 Å². The van der Waals surface area contributed by atoms with Crippen molar-refractivity contribution in [3.8, 4) is 0 Å². The van der Waals surface area contributed by atoms with Crippen molar-refractivity contribution in [2.24, 2.45) is 0 Å². The molecule has 0 radical (unpaired) electrons. The maximum absolute atomic E-state index is 11.8. The normalized spacial score (nSPS) is 14.4. The van der Waals surface area contributed by atoms with Crippen LogP contribution < -0.4 is 5.32 Å². The molecule has 17 heavy (non-hydrogen) atoms. The molecule has 1 aromatic rings. The highest BCUT2D eigenvalue weighted by Gasteiger charge is 2.33. The minimum atomic E-state index is -0.694. The van der Waals surface area contributed by atoms with Gasteiger partial charge in [-0.25, -0.2) is 4.98 Å². The quantitative estimate of drug-likeness (QED) is 0.627. The highest BCUT2D eigenvalue weighted by molar-refractivity contribution is 8.01. The smallest absolute Gasteiger partial charge is 0.326 e. The third-order valence-corrected chi connectivity index (χ3v) is 4.51. The molecule has 7 heteroatoms. The second-order valence-corrected chi connectivity index (χ2v) is 5.67. The first-order chi connectivity index (χ1) is 8.01. The van der Waals surface area contributed by atoms with Gasteiger partial charge in [0, 0.05) is 5.75 Å². The summed E-state index contributed by atoms with van der Waals surface area (Å²) in [4.78, 5) is 16.0. The molecule has 5 nitrogen and oxygen atoms in total. The second-order valence-electron chi connectivity index (χ2n) is 3.70. The van der Waals surface area contributed by atoms with E-state index in [1.807, 2.05) is 13.8 Å². The fraction of sp³-hybridized carbons (Fsp3) is 0.700. The summed E-state index contributed by atoms with van der Waals surface area (Å²) in [7, 11) is 1.75. The first-order valence-corrected chi connectivity index (χ1v) is 7.07. The van der Waals surface area contributed by atoms with Crippen molar-refractivity contribution in [1.29, 1.82) is 0 Å². The van der Waals surface area contributed by atoms with Gasteiger partial charge in [0.1, 0.15) is 11.4 Å². The lowest BCUT2D eigenvalue weighted by atomic mass is 10.1. The van der Waals surface area contributed by atoms with Crippen LogP contribution in [0, 0.1) is 6.92 Å². The molecule has 96 valence electrons. The standard InChI is InChI=1S/C10H17N3O2S2/c1-5-15-8(14)10(3,11-4)6-16-9-12-7(2)13-17-9/h11H,5-6H2,1-4H3. The number of carbonyl (C=O) groups excluding carboxylic acids is 1. The number of hydrogen-bond acceptors (Lipinski definition) is 7. The number of carbonyl (C=O) groups is 1. The number of aryl methyl sites for hydroxylation is 1. The van der Waals surface area contributed by atoms with Crippen LogP contribution in [0.1, 0.15) is 19.7 Å². The van der Waals surface area contributed by atoms with Gasteiger partial charge in [0.25, 0.3) is 0 Å². The fourth-order valence-electron chi connectivity index (χ4n) is 1.07. The van der Waals surface area contributed by atoms with Gasteiger partial charge < -0.3 is 10.1 Å². The average Bonchev–Trinajstić information content (AvgIpc) is 2.72. The molecule has 0 aliphatic carbocycles. The molecule has 1 atom stereocenters. The fourth-order valence-corrected chi connectivity index (χ4v) is 2.86. The zero-order valence-corrected chi connectivity index (χ0v) is 12.1. The predicted octanol–water partition coefficient (Wildman–Crippen LogP) is 1.48. The van der Waals surface area contributed by atoms with Crippen LogP contribution in [0.2, 0.25) is 0 Å². The Kier molecular flexibility index (Phi) is 5.35. The van der Waals surface area contributed by atoms with Crippen LogP contribution in [0.15, 0.2) is 4.34 Å². The van der Waals surface area contributed by atoms with E-state index in [4.69, 9.17) is 4.74 Å². The number of rotatable bonds is 6. The van der Waals surface area contributed by atoms with Gasteiger partial charge in [-0.3, -0.25) is 4.79 Å². The summed E-state index contributed by atoms with van der Waals surface area (Å²) in [6.07, 6.45) is 0. The molecular formula is C10H17N3O2S2. The van der Waals surface area contributed by atoms with Crippen LogP contribution in [0.3, 0.4) is 0 Å². The Morgan fingerprint density at radius 3 is 2.82 bits per heavy atom. The molecule has 0 aliphatic rings. The van der Waals surface area contributed by atoms with Gasteiger partial charge in [-0.2, -0.15) is 4.37 Å². The van der Waals surface area contributed by atoms with E-state index in [0.717, 1.165) is 10.2 Å². The van der Waals surface area contributed by atoms with Crippen molar-refractivity contribution in [2.75, 3.05) is 19.4 Å². The summed E-state index contributed by atoms with van der Waals surface area (Å²) < 4.78 is 10.0. The van der Waals surface area contributed by atoms with Crippen molar-refractivity contribution in [3.05, 3.63) is 5.82 Å². The van der Waals surface area contributed by atoms with Crippen molar-refractivity contribution < 1.29 is 9.53 Å². The monoisotopic (exact) mass is 275 g/mol. The van der Waals surface area contributed by atoms with Gasteiger partial charge in [-0.1, -0.05) is 11.8 Å². The number of thioether (sulfide) groups is 1. The third kappa shape index (κ3) is 3.93. The summed E-state index contributed by atoms with van der Waals surface area (Å²) in [5.74, 6) is 1.09. The van der Waals surface area contributed by atoms with E-state index in [1.54, 1.807) is 14.0 Å². The van der Waals surface area contributed by atoms with Crippen LogP contribution in [0.25, 0.3) is 0 Å². The molecule has 0 aromatic carbocycles. The van der Waals surface area contributed by atoms with Gasteiger partial charge in [-0.05, 0) is 39.4 Å². The lowest BCUT2D eigenvalue weighted by molar-refractivity contribution is -0.149. The van der Waals surface area contributed by atoms with Gasteiger partial charge >= 0.3 is 5.97 Å². The molecule has 1 N–H and O–H groups in total. The molecule has 0 aliphatic heterocycles. The third-order valence-electron chi connectivity index (χ3n) is 2.27. The van der Waals surface area contributed by atoms with E-state index in [0.29, 0.717) is 12.4 Å². The minimum absolute atomic E-state index is 0.240. The SMILES string of the molecule is CCOC(=O)C(C)(CSc1nc(C)ns1)NC. The number of nitrogens with zero attached hydrogens (tertiary/aromatic N) is 2. The van der Waals surface area contributed by atoms with E-state index >= 15 is 0 Å². The molecule has 0 spiro atoms. The van der Waals surface area contributed by atoms with Gasteiger partial charge in [0.2, 0.25) is 0 Å². The molecule has 1 heterocycles. The summed E-state index contributed by atoms with van der Waals surface area (Å²) in [6, 6.07) is 0. The Morgan fingerprint density at radius 2 is 2.35 bits per heavy atom. The number of nitrogens with one attached hydrogen (secondary N) is 1. The van der Waals surface area contributed by atoms with Crippen molar-refractivity contribution in [2.45, 2.75) is 30.6 Å². The molecule has 0 bridgehead atoms. The van der Waals surface area contributed by atoms with E-state index in [1.165, 1.54) is 23.3 Å². The maximum Gasteiger partial charge on any atom is 0.326 e. The number of hydrogen-bond donors (Lipinski definition) is 1. The van der Waals surface area contributed by atoms with E-state index < -0.39 is 5.54 Å². The number of likely N-dealkylation sites (N-methyl/N-ethyl adjacent to an activating group) is 1. The number of aromatic nitrogens is 2. The first kappa shape index (κ1) is 14.4. The zero-order chi connectivity index (χ0) is 12.9. The molecule has 0 saturated carbocycles. The lowest BCUT2D eigenvalue weighted by Gasteiger charge is -2.25.